The molecule has 1 atom stereocenters. The summed E-state index contributed by atoms with van der Waals surface area (Å²) in [6.45, 7) is 6.48. The van der Waals surface area contributed by atoms with Crippen molar-refractivity contribution in [2.75, 3.05) is 0 Å². The maximum absolute atomic E-state index is 7.06. The van der Waals surface area contributed by atoms with Crippen LogP contribution in [-0.4, -0.2) is 7.38 Å². The lowest BCUT2D eigenvalue weighted by Gasteiger charge is -2.25. The minimum Gasteiger partial charge on any atom is -0.155 e. The van der Waals surface area contributed by atoms with Gasteiger partial charge in [0, 0.05) is 0 Å². The van der Waals surface area contributed by atoms with Crippen LogP contribution in [0.1, 0.15) is 18.1 Å². The standard InChI is InChI=1S/C16H19ClSi/c1-4-18(17,15-8-6-5-7-9-15)16-11-13(2)10-14(3)12-16/h5-12H,4H2,1-3H3. The fourth-order valence-corrected chi connectivity index (χ4v) is 5.97. The lowest BCUT2D eigenvalue weighted by atomic mass is 10.2. The van der Waals surface area contributed by atoms with Gasteiger partial charge in [0.1, 0.15) is 0 Å². The minimum atomic E-state index is -2.07. The van der Waals surface area contributed by atoms with Crippen LogP contribution in [0.25, 0.3) is 0 Å². The summed E-state index contributed by atoms with van der Waals surface area (Å²) in [7, 11) is -2.07. The van der Waals surface area contributed by atoms with Crippen molar-refractivity contribution in [3.63, 3.8) is 0 Å². The normalized spacial score (nSPS) is 14.2. The predicted molar refractivity (Wildman–Crippen MR) is 83.7 cm³/mol. The zero-order chi connectivity index (χ0) is 13.2. The summed E-state index contributed by atoms with van der Waals surface area (Å²) in [4.78, 5) is 0. The Kier molecular flexibility index (Phi) is 3.93. The van der Waals surface area contributed by atoms with E-state index in [9.17, 15) is 0 Å². The molecule has 0 aliphatic carbocycles. The van der Waals surface area contributed by atoms with Gasteiger partial charge in [0.05, 0.1) is 0 Å². The van der Waals surface area contributed by atoms with Crippen molar-refractivity contribution in [1.29, 1.82) is 0 Å². The highest BCUT2D eigenvalue weighted by molar-refractivity contribution is 7.34. The molecule has 18 heavy (non-hydrogen) atoms. The Labute approximate surface area is 115 Å². The second kappa shape index (κ2) is 5.29. The Hall–Kier alpha value is -1.05. The van der Waals surface area contributed by atoms with Crippen molar-refractivity contribution in [2.24, 2.45) is 0 Å². The predicted octanol–water partition coefficient (Wildman–Crippen LogP) is 3.62. The molecule has 0 saturated heterocycles. The molecule has 0 aromatic heterocycles. The molecular weight excluding hydrogens is 256 g/mol. The van der Waals surface area contributed by atoms with Crippen molar-refractivity contribution in [2.45, 2.75) is 26.8 Å². The average molecular weight is 275 g/mol. The maximum atomic E-state index is 7.06. The molecule has 2 heteroatoms. The molecule has 0 nitrogen and oxygen atoms in total. The third kappa shape index (κ3) is 2.52. The average Bonchev–Trinajstić information content (AvgIpc) is 2.37. The third-order valence-corrected chi connectivity index (χ3v) is 8.94. The van der Waals surface area contributed by atoms with Crippen LogP contribution in [-0.2, 0) is 0 Å². The third-order valence-electron chi connectivity index (χ3n) is 3.40. The molecule has 94 valence electrons. The SMILES string of the molecule is CC[Si](Cl)(c1ccccc1)c1cc(C)cc(C)c1. The van der Waals surface area contributed by atoms with Crippen molar-refractivity contribution in [3.8, 4) is 0 Å². The van der Waals surface area contributed by atoms with Crippen LogP contribution in [0.5, 0.6) is 0 Å². The van der Waals surface area contributed by atoms with Gasteiger partial charge < -0.3 is 0 Å². The van der Waals surface area contributed by atoms with E-state index in [2.05, 4.69) is 63.2 Å². The van der Waals surface area contributed by atoms with Gasteiger partial charge in [0.25, 0.3) is 0 Å². The van der Waals surface area contributed by atoms with Crippen LogP contribution < -0.4 is 10.4 Å². The number of hydrogen-bond donors (Lipinski definition) is 0. The van der Waals surface area contributed by atoms with Gasteiger partial charge in [-0.3, -0.25) is 0 Å². The monoisotopic (exact) mass is 274 g/mol. The first kappa shape index (κ1) is 13.4. The lowest BCUT2D eigenvalue weighted by Crippen LogP contribution is -2.53. The van der Waals surface area contributed by atoms with Crippen LogP contribution >= 0.6 is 11.1 Å². The Bertz CT molecular complexity index is 516. The highest BCUT2D eigenvalue weighted by atomic mass is 35.6. The van der Waals surface area contributed by atoms with Crippen molar-refractivity contribution in [1.82, 2.24) is 0 Å². The Balaban J connectivity index is 2.56. The van der Waals surface area contributed by atoms with Gasteiger partial charge >= 0.3 is 0 Å². The highest BCUT2D eigenvalue weighted by Gasteiger charge is 2.33. The van der Waals surface area contributed by atoms with E-state index in [0.717, 1.165) is 6.04 Å². The van der Waals surface area contributed by atoms with E-state index in [1.54, 1.807) is 0 Å². The van der Waals surface area contributed by atoms with Gasteiger partial charge in [0.2, 0.25) is 7.38 Å². The quantitative estimate of drug-likeness (QED) is 0.592. The second-order valence-electron chi connectivity index (χ2n) is 4.90. The Morgan fingerprint density at radius 2 is 1.44 bits per heavy atom. The molecule has 2 rings (SSSR count). The highest BCUT2D eigenvalue weighted by Crippen LogP contribution is 2.17. The molecule has 0 heterocycles. The molecule has 0 bridgehead atoms. The molecule has 2 aromatic rings. The Morgan fingerprint density at radius 1 is 0.889 bits per heavy atom. The number of halogens is 1. The molecule has 0 aliphatic heterocycles. The first-order valence-electron chi connectivity index (χ1n) is 6.39. The molecular formula is C16H19ClSi. The summed E-state index contributed by atoms with van der Waals surface area (Å²) in [5, 5.41) is 2.63. The zero-order valence-electron chi connectivity index (χ0n) is 11.2. The number of hydrogen-bond acceptors (Lipinski definition) is 0. The maximum Gasteiger partial charge on any atom is 0.217 e. The molecule has 0 spiro atoms. The van der Waals surface area contributed by atoms with Crippen molar-refractivity contribution < 1.29 is 0 Å². The molecule has 0 fully saturated rings. The number of aryl methyl sites for hydroxylation is 2. The fourth-order valence-electron chi connectivity index (χ4n) is 2.48. The molecule has 0 radical (unpaired) electrons. The first-order valence-corrected chi connectivity index (χ1v) is 9.61. The van der Waals surface area contributed by atoms with E-state index in [1.165, 1.54) is 21.5 Å². The van der Waals surface area contributed by atoms with Gasteiger partial charge in [-0.2, -0.15) is 11.1 Å². The van der Waals surface area contributed by atoms with Crippen LogP contribution in [0.2, 0.25) is 6.04 Å². The lowest BCUT2D eigenvalue weighted by molar-refractivity contribution is 1.38. The molecule has 2 aromatic carbocycles. The van der Waals surface area contributed by atoms with Crippen LogP contribution in [0.3, 0.4) is 0 Å². The molecule has 1 unspecified atom stereocenters. The van der Waals surface area contributed by atoms with E-state index in [1.807, 2.05) is 6.07 Å². The summed E-state index contributed by atoms with van der Waals surface area (Å²) in [5.74, 6) is 0. The summed E-state index contributed by atoms with van der Waals surface area (Å²) in [6, 6.07) is 18.3. The molecule has 0 N–H and O–H groups in total. The van der Waals surface area contributed by atoms with Crippen molar-refractivity contribution in [3.05, 3.63) is 59.7 Å². The molecule has 0 aliphatic rings. The van der Waals surface area contributed by atoms with Crippen LogP contribution in [0.4, 0.5) is 0 Å². The summed E-state index contributed by atoms with van der Waals surface area (Å²) < 4.78 is 0. The van der Waals surface area contributed by atoms with Gasteiger partial charge in [-0.05, 0) is 30.3 Å². The van der Waals surface area contributed by atoms with E-state index < -0.39 is 7.38 Å². The second-order valence-corrected chi connectivity index (χ2v) is 10.3. The van der Waals surface area contributed by atoms with E-state index in [4.69, 9.17) is 11.1 Å². The largest absolute Gasteiger partial charge is 0.217 e. The van der Waals surface area contributed by atoms with E-state index in [-0.39, 0.29) is 0 Å². The van der Waals surface area contributed by atoms with Crippen LogP contribution in [0, 0.1) is 13.8 Å². The summed E-state index contributed by atoms with van der Waals surface area (Å²) in [5.41, 5.74) is 2.60. The van der Waals surface area contributed by atoms with Gasteiger partial charge in [-0.15, -0.1) is 0 Å². The van der Waals surface area contributed by atoms with Gasteiger partial charge in [-0.1, -0.05) is 66.6 Å². The topological polar surface area (TPSA) is 0 Å². The fraction of sp³-hybridized carbons (Fsp3) is 0.250. The molecule has 0 saturated carbocycles. The number of rotatable bonds is 3. The smallest absolute Gasteiger partial charge is 0.155 e. The van der Waals surface area contributed by atoms with Gasteiger partial charge in [0.15, 0.2) is 0 Å². The van der Waals surface area contributed by atoms with Crippen molar-refractivity contribution >= 4 is 28.8 Å². The minimum absolute atomic E-state index is 1.02. The summed E-state index contributed by atoms with van der Waals surface area (Å²) in [6.07, 6.45) is 0. The first-order chi connectivity index (χ1) is 8.56. The molecule has 0 amide bonds. The van der Waals surface area contributed by atoms with Gasteiger partial charge in [-0.25, -0.2) is 0 Å². The summed E-state index contributed by atoms with van der Waals surface area (Å²) >= 11 is 7.06. The van der Waals surface area contributed by atoms with Crippen LogP contribution in [0.15, 0.2) is 48.5 Å². The zero-order valence-corrected chi connectivity index (χ0v) is 13.0. The number of benzene rings is 2. The van der Waals surface area contributed by atoms with E-state index >= 15 is 0 Å². The Morgan fingerprint density at radius 3 is 1.94 bits per heavy atom. The van der Waals surface area contributed by atoms with E-state index in [0.29, 0.717) is 0 Å².